The topological polar surface area (TPSA) is 101 Å². The molecule has 1 aromatic heterocycles. The van der Waals surface area contributed by atoms with Gasteiger partial charge in [0.05, 0.1) is 35.3 Å². The Balaban J connectivity index is 2.18. The van der Waals surface area contributed by atoms with Gasteiger partial charge in [-0.1, -0.05) is 11.6 Å². The molecule has 25 heavy (non-hydrogen) atoms. The van der Waals surface area contributed by atoms with Crippen molar-refractivity contribution in [1.29, 1.82) is 0 Å². The molecule has 1 aromatic carbocycles. The summed E-state index contributed by atoms with van der Waals surface area (Å²) in [7, 11) is 0.531. The summed E-state index contributed by atoms with van der Waals surface area (Å²) in [6.07, 6.45) is 1.36. The third-order valence-corrected chi connectivity index (χ3v) is 4.93. The smallest absolute Gasteiger partial charge is 0.337 e. The molecule has 0 spiro atoms. The van der Waals surface area contributed by atoms with E-state index in [0.29, 0.717) is 27.8 Å². The fraction of sp³-hybridized carbons (Fsp3) is 0.200. The maximum atomic E-state index is 11.8. The zero-order chi connectivity index (χ0) is 18.6. The third-order valence-electron chi connectivity index (χ3n) is 3.14. The highest BCUT2D eigenvalue weighted by Gasteiger charge is 2.13. The normalized spacial score (nSPS) is 11.2. The molecule has 0 radical (unpaired) electrons. The van der Waals surface area contributed by atoms with Crippen molar-refractivity contribution in [3.05, 3.63) is 47.1 Å². The first kappa shape index (κ1) is 19.0. The Morgan fingerprint density at radius 1 is 1.24 bits per heavy atom. The predicted molar refractivity (Wildman–Crippen MR) is 96.5 cm³/mol. The van der Waals surface area contributed by atoms with E-state index in [-0.39, 0.29) is 0 Å². The number of aromatic nitrogens is 1. The molecular formula is C15H17ClN4O4S. The van der Waals surface area contributed by atoms with Gasteiger partial charge in [0.25, 0.3) is 0 Å². The number of halogens is 1. The molecular weight excluding hydrogens is 368 g/mol. The number of anilines is 3. The number of nitrogens with zero attached hydrogens (tertiary/aromatic N) is 2. The van der Waals surface area contributed by atoms with Gasteiger partial charge in [-0.3, -0.25) is 4.72 Å². The lowest BCUT2D eigenvalue weighted by atomic mass is 10.2. The van der Waals surface area contributed by atoms with Crippen LogP contribution in [0.3, 0.4) is 0 Å². The molecule has 0 atom stereocenters. The molecule has 0 fully saturated rings. The summed E-state index contributed by atoms with van der Waals surface area (Å²) >= 11 is 6.11. The number of rotatable bonds is 6. The van der Waals surface area contributed by atoms with Crippen molar-refractivity contribution in [2.45, 2.75) is 0 Å². The van der Waals surface area contributed by atoms with Crippen LogP contribution in [0.25, 0.3) is 0 Å². The largest absolute Gasteiger partial charge is 0.465 e. The second-order valence-corrected chi connectivity index (χ2v) is 7.42. The molecule has 1 heterocycles. The van der Waals surface area contributed by atoms with E-state index in [9.17, 15) is 13.2 Å². The number of carbonyl (C=O) groups is 1. The summed E-state index contributed by atoms with van der Waals surface area (Å²) < 4.78 is 31.6. The van der Waals surface area contributed by atoms with Gasteiger partial charge in [-0.15, -0.1) is 0 Å². The van der Waals surface area contributed by atoms with Crippen LogP contribution in [0.5, 0.6) is 0 Å². The molecule has 10 heteroatoms. The predicted octanol–water partition coefficient (Wildman–Crippen LogP) is 2.48. The van der Waals surface area contributed by atoms with Gasteiger partial charge in [0.1, 0.15) is 5.82 Å². The summed E-state index contributed by atoms with van der Waals surface area (Å²) in [6.45, 7) is 0. The van der Waals surface area contributed by atoms with Crippen LogP contribution in [-0.2, 0) is 14.9 Å². The van der Waals surface area contributed by atoms with Crippen LogP contribution in [0.15, 0.2) is 36.5 Å². The van der Waals surface area contributed by atoms with Crippen LogP contribution < -0.4 is 10.0 Å². The zero-order valence-corrected chi connectivity index (χ0v) is 15.4. The molecule has 2 N–H and O–H groups in total. The van der Waals surface area contributed by atoms with Gasteiger partial charge in [0, 0.05) is 14.1 Å². The van der Waals surface area contributed by atoms with Crippen LogP contribution >= 0.6 is 11.6 Å². The molecule has 2 aromatic rings. The number of carbonyl (C=O) groups excluding carboxylic acids is 1. The first-order valence-electron chi connectivity index (χ1n) is 7.04. The van der Waals surface area contributed by atoms with Gasteiger partial charge in [-0.2, -0.15) is 12.7 Å². The van der Waals surface area contributed by atoms with Crippen LogP contribution in [-0.4, -0.2) is 44.9 Å². The fourth-order valence-electron chi connectivity index (χ4n) is 1.77. The van der Waals surface area contributed by atoms with Crippen molar-refractivity contribution < 1.29 is 17.9 Å². The Hall–Kier alpha value is -2.36. The number of benzene rings is 1. The van der Waals surface area contributed by atoms with E-state index in [2.05, 4.69) is 19.8 Å². The Kier molecular flexibility index (Phi) is 5.83. The molecule has 2 rings (SSSR count). The minimum absolute atomic E-state index is 0.314. The highest BCUT2D eigenvalue weighted by atomic mass is 35.5. The Morgan fingerprint density at radius 2 is 1.96 bits per heavy atom. The lowest BCUT2D eigenvalue weighted by Gasteiger charge is -2.14. The molecule has 0 unspecified atom stereocenters. The standard InChI is InChI=1S/C15H17ClN4O4S/c1-20(2)25(22,23)19-11-5-7-14(17-9-11)18-13-8-10(15(21)24-3)4-6-12(13)16/h4-9,19H,1-3H3,(H,17,18). The van der Waals surface area contributed by atoms with Gasteiger partial charge in [0.2, 0.25) is 0 Å². The number of ether oxygens (including phenoxy) is 1. The summed E-state index contributed by atoms with van der Waals surface area (Å²) in [5.41, 5.74) is 1.12. The molecule has 0 saturated carbocycles. The number of esters is 1. The van der Waals surface area contributed by atoms with E-state index in [1.807, 2.05) is 0 Å². The van der Waals surface area contributed by atoms with E-state index in [4.69, 9.17) is 11.6 Å². The maximum absolute atomic E-state index is 11.8. The summed E-state index contributed by atoms with van der Waals surface area (Å²) in [5, 5.41) is 3.36. The second-order valence-electron chi connectivity index (χ2n) is 5.13. The van der Waals surface area contributed by atoms with Crippen LogP contribution in [0.2, 0.25) is 5.02 Å². The molecule has 8 nitrogen and oxygen atoms in total. The van der Waals surface area contributed by atoms with Crippen molar-refractivity contribution in [2.24, 2.45) is 0 Å². The molecule has 0 bridgehead atoms. The van der Waals surface area contributed by atoms with Crippen LogP contribution in [0.4, 0.5) is 17.2 Å². The summed E-state index contributed by atoms with van der Waals surface area (Å²) in [6, 6.07) is 7.78. The van der Waals surface area contributed by atoms with Crippen molar-refractivity contribution in [3.63, 3.8) is 0 Å². The fourth-order valence-corrected chi connectivity index (χ4v) is 2.54. The number of pyridine rings is 1. The third kappa shape index (κ3) is 4.81. The number of methoxy groups -OCH3 is 1. The first-order valence-corrected chi connectivity index (χ1v) is 8.86. The van der Waals surface area contributed by atoms with E-state index >= 15 is 0 Å². The van der Waals surface area contributed by atoms with E-state index < -0.39 is 16.2 Å². The highest BCUT2D eigenvalue weighted by Crippen LogP contribution is 2.26. The lowest BCUT2D eigenvalue weighted by Crippen LogP contribution is -2.28. The number of hydrogen-bond acceptors (Lipinski definition) is 6. The molecule has 0 aliphatic rings. The van der Waals surface area contributed by atoms with Crippen LogP contribution in [0.1, 0.15) is 10.4 Å². The lowest BCUT2D eigenvalue weighted by molar-refractivity contribution is 0.0601. The van der Waals surface area contributed by atoms with Gasteiger partial charge in [-0.25, -0.2) is 9.78 Å². The van der Waals surface area contributed by atoms with E-state index in [0.717, 1.165) is 4.31 Å². The molecule has 0 aliphatic heterocycles. The van der Waals surface area contributed by atoms with Crippen molar-refractivity contribution >= 4 is 45.0 Å². The monoisotopic (exact) mass is 384 g/mol. The van der Waals surface area contributed by atoms with Crippen molar-refractivity contribution in [2.75, 3.05) is 31.2 Å². The first-order chi connectivity index (χ1) is 11.7. The van der Waals surface area contributed by atoms with Gasteiger partial charge in [-0.05, 0) is 30.3 Å². The SMILES string of the molecule is COC(=O)c1ccc(Cl)c(Nc2ccc(NS(=O)(=O)N(C)C)cn2)c1. The molecule has 0 aliphatic carbocycles. The minimum Gasteiger partial charge on any atom is -0.465 e. The van der Waals surface area contributed by atoms with Crippen molar-refractivity contribution in [3.8, 4) is 0 Å². The Labute approximate surface area is 151 Å². The second kappa shape index (κ2) is 7.68. The number of nitrogens with one attached hydrogen (secondary N) is 2. The van der Waals surface area contributed by atoms with E-state index in [1.54, 1.807) is 30.3 Å². The Morgan fingerprint density at radius 3 is 2.52 bits per heavy atom. The number of hydrogen-bond donors (Lipinski definition) is 2. The highest BCUT2D eigenvalue weighted by molar-refractivity contribution is 7.90. The van der Waals surface area contributed by atoms with E-state index in [1.165, 1.54) is 27.4 Å². The van der Waals surface area contributed by atoms with Crippen molar-refractivity contribution in [1.82, 2.24) is 9.29 Å². The van der Waals surface area contributed by atoms with Crippen LogP contribution in [0, 0.1) is 0 Å². The van der Waals surface area contributed by atoms with Gasteiger partial charge >= 0.3 is 16.2 Å². The summed E-state index contributed by atoms with van der Waals surface area (Å²) in [5.74, 6) is -0.0576. The Bertz CT molecular complexity index is 870. The summed E-state index contributed by atoms with van der Waals surface area (Å²) in [4.78, 5) is 15.7. The molecule has 0 saturated heterocycles. The quantitative estimate of drug-likeness (QED) is 0.742. The van der Waals surface area contributed by atoms with Gasteiger partial charge < -0.3 is 10.1 Å². The molecule has 134 valence electrons. The van der Waals surface area contributed by atoms with Gasteiger partial charge in [0.15, 0.2) is 0 Å². The maximum Gasteiger partial charge on any atom is 0.337 e. The zero-order valence-electron chi connectivity index (χ0n) is 13.8. The molecule has 0 amide bonds. The average molecular weight is 385 g/mol. The average Bonchev–Trinajstić information content (AvgIpc) is 2.57. The minimum atomic E-state index is -3.60.